The van der Waals surface area contributed by atoms with Crippen molar-refractivity contribution in [2.45, 2.75) is 44.4 Å². The minimum absolute atomic E-state index is 0.151. The Hall–Kier alpha value is -3.22. The fourth-order valence-electron chi connectivity index (χ4n) is 4.99. The summed E-state index contributed by atoms with van der Waals surface area (Å²) in [6, 6.07) is 15.8. The molecular formula is C29H35F4N5O2S. The van der Waals surface area contributed by atoms with Gasteiger partial charge in [-0.2, -0.15) is 17.5 Å². The average molecular weight is 594 g/mol. The lowest BCUT2D eigenvalue weighted by atomic mass is 10.0. The van der Waals surface area contributed by atoms with Gasteiger partial charge in [0, 0.05) is 37.9 Å². The lowest BCUT2D eigenvalue weighted by molar-refractivity contribution is -0.0492. The molecule has 0 radical (unpaired) electrons. The second-order valence-electron chi connectivity index (χ2n) is 10.5. The molecule has 3 aromatic rings. The van der Waals surface area contributed by atoms with E-state index in [4.69, 9.17) is 0 Å². The van der Waals surface area contributed by atoms with E-state index in [2.05, 4.69) is 10.3 Å². The first-order chi connectivity index (χ1) is 19.4. The van der Waals surface area contributed by atoms with E-state index >= 15 is 0 Å². The quantitative estimate of drug-likeness (QED) is 0.327. The summed E-state index contributed by atoms with van der Waals surface area (Å²) in [5.74, 6) is -0.511. The molecule has 0 saturated heterocycles. The number of hydrogen-bond donors (Lipinski definition) is 1. The number of halogens is 4. The minimum Gasteiger partial charge on any atom is -0.381 e. The molecule has 4 rings (SSSR count). The number of anilines is 2. The predicted octanol–water partition coefficient (Wildman–Crippen LogP) is 5.18. The largest absolute Gasteiger partial charge is 0.511 e. The molecule has 1 aliphatic rings. The van der Waals surface area contributed by atoms with Crippen LogP contribution < -0.4 is 10.2 Å². The van der Waals surface area contributed by atoms with Gasteiger partial charge < -0.3 is 15.1 Å². The number of aryl methyl sites for hydroxylation is 2. The summed E-state index contributed by atoms with van der Waals surface area (Å²) in [5, 5.41) is 3.08. The van der Waals surface area contributed by atoms with Crippen LogP contribution in [0.3, 0.4) is 0 Å². The zero-order chi connectivity index (χ0) is 29.8. The van der Waals surface area contributed by atoms with Crippen LogP contribution >= 0.6 is 0 Å². The standard InChI is InChI=1S/C29H35F4N5O2S/c1-21-8-7-11-28-25(21)20-37(41(39,40)29(31,32)33)19-24(13-12-22-9-5-4-6-10-22)38(28)18-23-16-27(26(30)17-35-23)34-14-15-36(2)3/h4-11,16-17,24H,12-15,18-20H2,1-3H3,(H,34,35). The van der Waals surface area contributed by atoms with Crippen LogP contribution in [0.1, 0.15) is 28.8 Å². The summed E-state index contributed by atoms with van der Waals surface area (Å²) >= 11 is 0. The average Bonchev–Trinajstić information content (AvgIpc) is 3.07. The van der Waals surface area contributed by atoms with Gasteiger partial charge >= 0.3 is 15.5 Å². The Kier molecular flexibility index (Phi) is 9.55. The molecule has 12 heteroatoms. The number of rotatable bonds is 10. The fraction of sp³-hybridized carbons (Fsp3) is 0.414. The number of hydrogen-bond acceptors (Lipinski definition) is 6. The van der Waals surface area contributed by atoms with Crippen LogP contribution in [-0.4, -0.2) is 67.9 Å². The Bertz CT molecular complexity index is 1430. The van der Waals surface area contributed by atoms with Crippen LogP contribution in [0.4, 0.5) is 28.9 Å². The van der Waals surface area contributed by atoms with Gasteiger partial charge in [-0.15, -0.1) is 0 Å². The molecule has 0 saturated carbocycles. The summed E-state index contributed by atoms with van der Waals surface area (Å²) in [6.07, 6.45) is 2.04. The number of aromatic nitrogens is 1. The highest BCUT2D eigenvalue weighted by atomic mass is 32.2. The van der Waals surface area contributed by atoms with Crippen LogP contribution in [0.2, 0.25) is 0 Å². The number of nitrogens with one attached hydrogen (secondary N) is 1. The molecule has 1 atom stereocenters. The molecule has 1 unspecified atom stereocenters. The first-order valence-electron chi connectivity index (χ1n) is 13.4. The van der Waals surface area contributed by atoms with E-state index in [0.29, 0.717) is 52.7 Å². The van der Waals surface area contributed by atoms with Crippen molar-refractivity contribution < 1.29 is 26.0 Å². The molecule has 222 valence electrons. The molecule has 0 bridgehead atoms. The van der Waals surface area contributed by atoms with E-state index in [0.717, 1.165) is 11.8 Å². The third-order valence-electron chi connectivity index (χ3n) is 7.24. The van der Waals surface area contributed by atoms with Gasteiger partial charge in [0.05, 0.1) is 24.1 Å². The number of pyridine rings is 1. The molecule has 1 aliphatic heterocycles. The second-order valence-corrected chi connectivity index (χ2v) is 12.4. The zero-order valence-electron chi connectivity index (χ0n) is 23.3. The van der Waals surface area contributed by atoms with Gasteiger partial charge in [0.1, 0.15) is 0 Å². The molecule has 1 aromatic heterocycles. The van der Waals surface area contributed by atoms with Crippen molar-refractivity contribution in [1.29, 1.82) is 0 Å². The maximum absolute atomic E-state index is 14.6. The van der Waals surface area contributed by atoms with Crippen molar-refractivity contribution in [3.05, 3.63) is 89.0 Å². The smallest absolute Gasteiger partial charge is 0.381 e. The number of alkyl halides is 3. The van der Waals surface area contributed by atoms with Gasteiger partial charge in [-0.1, -0.05) is 42.5 Å². The highest BCUT2D eigenvalue weighted by molar-refractivity contribution is 7.89. The van der Waals surface area contributed by atoms with Crippen molar-refractivity contribution in [2.24, 2.45) is 0 Å². The molecule has 2 aromatic carbocycles. The number of benzene rings is 2. The summed E-state index contributed by atoms with van der Waals surface area (Å²) in [6.45, 7) is 2.32. The van der Waals surface area contributed by atoms with Gasteiger partial charge in [-0.3, -0.25) is 4.98 Å². The molecule has 41 heavy (non-hydrogen) atoms. The van der Waals surface area contributed by atoms with Gasteiger partial charge in [-0.25, -0.2) is 12.8 Å². The number of likely N-dealkylation sites (N-methyl/N-ethyl adjacent to an activating group) is 1. The first kappa shape index (κ1) is 30.7. The lowest BCUT2D eigenvalue weighted by Crippen LogP contribution is -2.47. The predicted molar refractivity (Wildman–Crippen MR) is 153 cm³/mol. The first-order valence-corrected chi connectivity index (χ1v) is 14.8. The highest BCUT2D eigenvalue weighted by Crippen LogP contribution is 2.37. The van der Waals surface area contributed by atoms with Crippen molar-refractivity contribution in [2.75, 3.05) is 43.9 Å². The molecule has 0 fully saturated rings. The van der Waals surface area contributed by atoms with Crippen LogP contribution in [0.5, 0.6) is 0 Å². The van der Waals surface area contributed by atoms with Gasteiger partial charge in [0.2, 0.25) is 0 Å². The molecule has 0 spiro atoms. The maximum atomic E-state index is 14.6. The Morgan fingerprint density at radius 3 is 2.51 bits per heavy atom. The topological polar surface area (TPSA) is 68.8 Å². The third kappa shape index (κ3) is 7.35. The Balaban J connectivity index is 1.74. The second kappa shape index (κ2) is 12.7. The molecule has 1 N–H and O–H groups in total. The SMILES string of the molecule is Cc1cccc2c1CN(S(=O)(=O)C(F)(F)F)CC(CCc1ccccc1)N2Cc1cc(NCCN(C)C)c(F)cn1. The summed E-state index contributed by atoms with van der Waals surface area (Å²) in [7, 11) is -1.78. The monoisotopic (exact) mass is 593 g/mol. The van der Waals surface area contributed by atoms with Gasteiger partial charge in [0.15, 0.2) is 5.82 Å². The normalized spacial score (nSPS) is 16.5. The van der Waals surface area contributed by atoms with E-state index in [-0.39, 0.29) is 18.8 Å². The molecular weight excluding hydrogens is 558 g/mol. The van der Waals surface area contributed by atoms with Crippen molar-refractivity contribution in [1.82, 2.24) is 14.2 Å². The summed E-state index contributed by atoms with van der Waals surface area (Å²) in [4.78, 5) is 8.16. The molecule has 0 aliphatic carbocycles. The zero-order valence-corrected chi connectivity index (χ0v) is 24.1. The summed E-state index contributed by atoms with van der Waals surface area (Å²) < 4.78 is 81.9. The number of nitrogens with zero attached hydrogens (tertiary/aromatic N) is 4. The van der Waals surface area contributed by atoms with Crippen LogP contribution in [0, 0.1) is 12.7 Å². The van der Waals surface area contributed by atoms with Crippen LogP contribution in [-0.2, 0) is 29.5 Å². The molecule has 7 nitrogen and oxygen atoms in total. The molecule has 2 heterocycles. The van der Waals surface area contributed by atoms with Gasteiger partial charge in [-0.05, 0) is 62.7 Å². The molecule has 0 amide bonds. The van der Waals surface area contributed by atoms with E-state index in [1.165, 1.54) is 0 Å². The fourth-order valence-corrected chi connectivity index (χ4v) is 5.95. The lowest BCUT2D eigenvalue weighted by Gasteiger charge is -2.34. The van der Waals surface area contributed by atoms with Gasteiger partial charge in [0.25, 0.3) is 0 Å². The van der Waals surface area contributed by atoms with Crippen LogP contribution in [0.15, 0.2) is 60.8 Å². The third-order valence-corrected chi connectivity index (χ3v) is 8.79. The maximum Gasteiger partial charge on any atom is 0.511 e. The summed E-state index contributed by atoms with van der Waals surface area (Å²) in [5.41, 5.74) is -1.86. The Morgan fingerprint density at radius 1 is 1.10 bits per heavy atom. The van der Waals surface area contributed by atoms with Crippen molar-refractivity contribution in [3.63, 3.8) is 0 Å². The Morgan fingerprint density at radius 2 is 1.83 bits per heavy atom. The van der Waals surface area contributed by atoms with E-state index in [1.807, 2.05) is 54.2 Å². The number of sulfonamides is 1. The van der Waals surface area contributed by atoms with E-state index < -0.39 is 33.9 Å². The highest BCUT2D eigenvalue weighted by Gasteiger charge is 2.51. The Labute approximate surface area is 238 Å². The van der Waals surface area contributed by atoms with E-state index in [9.17, 15) is 26.0 Å². The minimum atomic E-state index is -5.60. The van der Waals surface area contributed by atoms with E-state index in [1.54, 1.807) is 31.2 Å². The van der Waals surface area contributed by atoms with Crippen molar-refractivity contribution in [3.8, 4) is 0 Å². The van der Waals surface area contributed by atoms with Crippen LogP contribution in [0.25, 0.3) is 0 Å². The van der Waals surface area contributed by atoms with Crippen molar-refractivity contribution >= 4 is 21.4 Å². The number of fused-ring (bicyclic) bond motifs is 1.